The smallest absolute Gasteiger partial charge is 0.337 e. The predicted molar refractivity (Wildman–Crippen MR) is 67.7 cm³/mol. The summed E-state index contributed by atoms with van der Waals surface area (Å²) in [7, 11) is 0. The molecular weight excluding hydrogens is 267 g/mol. The number of rotatable bonds is 2. The van der Waals surface area contributed by atoms with Crippen LogP contribution in [0, 0.1) is 17.7 Å². The van der Waals surface area contributed by atoms with Gasteiger partial charge in [-0.2, -0.15) is 8.78 Å². The van der Waals surface area contributed by atoms with Crippen molar-refractivity contribution in [3.05, 3.63) is 35.6 Å². The lowest BCUT2D eigenvalue weighted by atomic mass is 10.0. The molecule has 2 atom stereocenters. The molecule has 1 aliphatic carbocycles. The quantitative estimate of drug-likeness (QED) is 0.816. The van der Waals surface area contributed by atoms with E-state index < -0.39 is 23.2 Å². The maximum atomic E-state index is 14.2. The molecule has 0 N–H and O–H groups in total. The van der Waals surface area contributed by atoms with Crippen LogP contribution in [0.4, 0.5) is 13.2 Å². The second-order valence-corrected chi connectivity index (χ2v) is 5.75. The molecule has 1 aliphatic heterocycles. The van der Waals surface area contributed by atoms with Gasteiger partial charge in [-0.25, -0.2) is 4.39 Å². The molecule has 1 heterocycles. The molecule has 2 aliphatic rings. The molecule has 1 saturated carbocycles. The zero-order valence-electron chi connectivity index (χ0n) is 11.0. The van der Waals surface area contributed by atoms with Crippen molar-refractivity contribution in [2.45, 2.75) is 25.2 Å². The molecule has 108 valence electrons. The van der Waals surface area contributed by atoms with Crippen LogP contribution < -0.4 is 0 Å². The summed E-state index contributed by atoms with van der Waals surface area (Å²) < 4.78 is 41.5. The summed E-state index contributed by atoms with van der Waals surface area (Å²) in [4.78, 5) is 13.3. The molecule has 0 aromatic heterocycles. The number of nitrogens with zero attached hydrogens (tertiary/aromatic N) is 1. The summed E-state index contributed by atoms with van der Waals surface area (Å²) in [5.74, 6) is -4.88. The van der Waals surface area contributed by atoms with Gasteiger partial charge in [0.05, 0.1) is 0 Å². The van der Waals surface area contributed by atoms with E-state index in [0.717, 1.165) is 37.5 Å². The van der Waals surface area contributed by atoms with Crippen LogP contribution in [0.3, 0.4) is 0 Å². The molecule has 0 spiro atoms. The highest BCUT2D eigenvalue weighted by Gasteiger charge is 2.48. The fourth-order valence-electron chi connectivity index (χ4n) is 3.41. The van der Waals surface area contributed by atoms with Crippen molar-refractivity contribution in [2.75, 3.05) is 13.1 Å². The Bertz CT molecular complexity index is 520. The second-order valence-electron chi connectivity index (χ2n) is 5.75. The van der Waals surface area contributed by atoms with E-state index in [1.54, 1.807) is 0 Å². The third kappa shape index (κ3) is 2.19. The highest BCUT2D eigenvalue weighted by molar-refractivity contribution is 5.85. The van der Waals surface area contributed by atoms with Crippen LogP contribution in [0.2, 0.25) is 0 Å². The van der Waals surface area contributed by atoms with Gasteiger partial charge in [0.25, 0.3) is 5.91 Å². The van der Waals surface area contributed by atoms with Gasteiger partial charge < -0.3 is 4.90 Å². The number of amides is 1. The van der Waals surface area contributed by atoms with Crippen LogP contribution in [0.1, 0.15) is 24.8 Å². The van der Waals surface area contributed by atoms with Gasteiger partial charge in [-0.15, -0.1) is 0 Å². The van der Waals surface area contributed by atoms with Gasteiger partial charge in [-0.1, -0.05) is 18.6 Å². The summed E-state index contributed by atoms with van der Waals surface area (Å²) in [6, 6.07) is 4.11. The minimum absolute atomic E-state index is 0.363. The molecule has 2 nitrogen and oxygen atoms in total. The SMILES string of the molecule is O=C(N1C[C@H]2CCC[C@H]2C1)C(F)(F)c1cccc(F)c1. The van der Waals surface area contributed by atoms with Crippen LogP contribution in [0.15, 0.2) is 24.3 Å². The lowest BCUT2D eigenvalue weighted by Gasteiger charge is -2.24. The normalized spacial score (nSPS) is 25.9. The first-order valence-electron chi connectivity index (χ1n) is 6.91. The Morgan fingerprint density at radius 1 is 1.20 bits per heavy atom. The lowest BCUT2D eigenvalue weighted by molar-refractivity contribution is -0.158. The van der Waals surface area contributed by atoms with Crippen LogP contribution >= 0.6 is 0 Å². The number of hydrogen-bond acceptors (Lipinski definition) is 1. The Morgan fingerprint density at radius 2 is 1.85 bits per heavy atom. The first kappa shape index (κ1) is 13.5. The Morgan fingerprint density at radius 3 is 2.45 bits per heavy atom. The van der Waals surface area contributed by atoms with Gasteiger partial charge in [-0.3, -0.25) is 4.79 Å². The first-order chi connectivity index (χ1) is 9.48. The monoisotopic (exact) mass is 283 g/mol. The molecule has 20 heavy (non-hydrogen) atoms. The highest BCUT2D eigenvalue weighted by atomic mass is 19.3. The summed E-state index contributed by atoms with van der Waals surface area (Å²) >= 11 is 0. The van der Waals surface area contributed by atoms with E-state index in [1.165, 1.54) is 11.0 Å². The van der Waals surface area contributed by atoms with E-state index in [-0.39, 0.29) is 0 Å². The minimum atomic E-state index is -3.65. The van der Waals surface area contributed by atoms with E-state index in [9.17, 15) is 18.0 Å². The largest absolute Gasteiger partial charge is 0.350 e. The van der Waals surface area contributed by atoms with Crippen LogP contribution in [-0.4, -0.2) is 23.9 Å². The molecule has 0 radical (unpaired) electrons. The zero-order valence-corrected chi connectivity index (χ0v) is 11.0. The number of carbonyl (C=O) groups is 1. The number of halogens is 3. The molecule has 0 unspecified atom stereocenters. The van der Waals surface area contributed by atoms with Crippen molar-refractivity contribution in [3.63, 3.8) is 0 Å². The van der Waals surface area contributed by atoms with Gasteiger partial charge in [0, 0.05) is 18.7 Å². The number of likely N-dealkylation sites (tertiary alicyclic amines) is 1. The molecule has 2 fully saturated rings. The third-order valence-corrected chi connectivity index (χ3v) is 4.47. The fourth-order valence-corrected chi connectivity index (χ4v) is 3.41. The predicted octanol–water partition coefficient (Wildman–Crippen LogP) is 3.18. The molecular formula is C15H16F3NO. The van der Waals surface area contributed by atoms with Crippen molar-refractivity contribution in [1.29, 1.82) is 0 Å². The van der Waals surface area contributed by atoms with Gasteiger partial charge >= 0.3 is 5.92 Å². The van der Waals surface area contributed by atoms with E-state index >= 15 is 0 Å². The highest BCUT2D eigenvalue weighted by Crippen LogP contribution is 2.40. The maximum absolute atomic E-state index is 14.2. The molecule has 1 aromatic rings. The Kier molecular flexibility index (Phi) is 3.22. The van der Waals surface area contributed by atoms with Gasteiger partial charge in [0.15, 0.2) is 0 Å². The van der Waals surface area contributed by atoms with Crippen LogP contribution in [0.25, 0.3) is 0 Å². The van der Waals surface area contributed by atoms with E-state index in [0.29, 0.717) is 24.9 Å². The van der Waals surface area contributed by atoms with Crippen molar-refractivity contribution in [2.24, 2.45) is 11.8 Å². The van der Waals surface area contributed by atoms with Crippen LogP contribution in [-0.2, 0) is 10.7 Å². The summed E-state index contributed by atoms with van der Waals surface area (Å²) in [6.45, 7) is 0.822. The third-order valence-electron chi connectivity index (χ3n) is 4.47. The number of carbonyl (C=O) groups excluding carboxylic acids is 1. The van der Waals surface area contributed by atoms with E-state index in [4.69, 9.17) is 0 Å². The Labute approximate surface area is 115 Å². The molecule has 5 heteroatoms. The number of benzene rings is 1. The number of alkyl halides is 2. The molecule has 0 bridgehead atoms. The van der Waals surface area contributed by atoms with Crippen molar-refractivity contribution >= 4 is 5.91 Å². The summed E-state index contributed by atoms with van der Waals surface area (Å²) in [6.07, 6.45) is 3.15. The van der Waals surface area contributed by atoms with E-state index in [2.05, 4.69) is 0 Å². The average Bonchev–Trinajstić information content (AvgIpc) is 2.98. The van der Waals surface area contributed by atoms with Gasteiger partial charge in [0.2, 0.25) is 0 Å². The zero-order chi connectivity index (χ0) is 14.3. The summed E-state index contributed by atoms with van der Waals surface area (Å²) in [5.41, 5.74) is -0.570. The van der Waals surface area contributed by atoms with Crippen molar-refractivity contribution < 1.29 is 18.0 Å². The minimum Gasteiger partial charge on any atom is -0.337 e. The van der Waals surface area contributed by atoms with Gasteiger partial charge in [0.1, 0.15) is 5.82 Å². The number of fused-ring (bicyclic) bond motifs is 1. The van der Waals surface area contributed by atoms with Crippen LogP contribution in [0.5, 0.6) is 0 Å². The van der Waals surface area contributed by atoms with Gasteiger partial charge in [-0.05, 0) is 36.8 Å². The summed E-state index contributed by atoms with van der Waals surface area (Å²) in [5, 5.41) is 0. The second kappa shape index (κ2) is 4.79. The molecule has 1 aromatic carbocycles. The average molecular weight is 283 g/mol. The molecule has 3 rings (SSSR count). The molecule has 1 saturated heterocycles. The maximum Gasteiger partial charge on any atom is 0.350 e. The fraction of sp³-hybridized carbons (Fsp3) is 0.533. The van der Waals surface area contributed by atoms with Crippen molar-refractivity contribution in [1.82, 2.24) is 4.90 Å². The Hall–Kier alpha value is -1.52. The Balaban J connectivity index is 1.79. The van der Waals surface area contributed by atoms with Crippen molar-refractivity contribution in [3.8, 4) is 0 Å². The first-order valence-corrected chi connectivity index (χ1v) is 6.91. The van der Waals surface area contributed by atoms with E-state index in [1.807, 2.05) is 0 Å². The molecule has 1 amide bonds. The lowest BCUT2D eigenvalue weighted by Crippen LogP contribution is -2.41. The standard InChI is InChI=1S/C15H16F3NO/c16-13-6-2-5-12(7-13)15(17,18)14(20)19-8-10-3-1-4-11(10)9-19/h2,5-7,10-11H,1,3-4,8-9H2/t10-,11+. The number of hydrogen-bond donors (Lipinski definition) is 0. The topological polar surface area (TPSA) is 20.3 Å².